The van der Waals surface area contributed by atoms with Crippen LogP contribution in [0.4, 0.5) is 5.69 Å². The zero-order valence-electron chi connectivity index (χ0n) is 10.6. The minimum atomic E-state index is -3.21. The predicted octanol–water partition coefficient (Wildman–Crippen LogP) is 1.34. The number of aryl methyl sites for hydroxylation is 1. The molecule has 2 aromatic rings. The summed E-state index contributed by atoms with van der Waals surface area (Å²) in [5.41, 5.74) is 7.65. The molecule has 0 saturated carbocycles. The van der Waals surface area contributed by atoms with Crippen molar-refractivity contribution in [2.24, 2.45) is 0 Å². The molecule has 3 N–H and O–H groups in total. The van der Waals surface area contributed by atoms with Gasteiger partial charge in [-0.3, -0.25) is 4.79 Å². The number of aromatic nitrogens is 1. The van der Waals surface area contributed by atoms with E-state index in [1.807, 2.05) is 0 Å². The quantitative estimate of drug-likeness (QED) is 0.866. The van der Waals surface area contributed by atoms with Crippen molar-refractivity contribution in [1.82, 2.24) is 4.98 Å². The fraction of sp³-hybridized carbons (Fsp3) is 0.154. The van der Waals surface area contributed by atoms with Gasteiger partial charge < -0.3 is 10.7 Å². The van der Waals surface area contributed by atoms with E-state index in [9.17, 15) is 13.2 Å². The van der Waals surface area contributed by atoms with Gasteiger partial charge in [-0.15, -0.1) is 0 Å². The lowest BCUT2D eigenvalue weighted by molar-refractivity contribution is 0.602. The Kier molecular flexibility index (Phi) is 3.20. The SMILES string of the molecule is Cc1[nH]c(=O)c(N)cc1-c1ccc(S(C)(=O)=O)cc1. The van der Waals surface area contributed by atoms with Gasteiger partial charge in [0.25, 0.3) is 5.56 Å². The number of benzene rings is 1. The number of sulfone groups is 1. The third kappa shape index (κ3) is 2.68. The van der Waals surface area contributed by atoms with Crippen molar-refractivity contribution in [2.45, 2.75) is 11.8 Å². The summed E-state index contributed by atoms with van der Waals surface area (Å²) in [5.74, 6) is 0. The number of anilines is 1. The van der Waals surface area contributed by atoms with Crippen molar-refractivity contribution in [3.63, 3.8) is 0 Å². The number of nitrogens with one attached hydrogen (secondary N) is 1. The number of rotatable bonds is 2. The van der Waals surface area contributed by atoms with Crippen molar-refractivity contribution < 1.29 is 8.42 Å². The highest BCUT2D eigenvalue weighted by Crippen LogP contribution is 2.24. The molecule has 1 aromatic carbocycles. The fourth-order valence-corrected chi connectivity index (χ4v) is 2.45. The summed E-state index contributed by atoms with van der Waals surface area (Å²) in [6.07, 6.45) is 1.16. The molecule has 0 fully saturated rings. The van der Waals surface area contributed by atoms with E-state index in [0.29, 0.717) is 5.69 Å². The number of pyridine rings is 1. The summed E-state index contributed by atoms with van der Waals surface area (Å²) < 4.78 is 22.8. The second kappa shape index (κ2) is 4.55. The van der Waals surface area contributed by atoms with E-state index >= 15 is 0 Å². The fourth-order valence-electron chi connectivity index (χ4n) is 1.82. The van der Waals surface area contributed by atoms with Crippen LogP contribution in [0, 0.1) is 6.92 Å². The molecular formula is C13H14N2O3S. The molecule has 0 atom stereocenters. The molecule has 0 amide bonds. The van der Waals surface area contributed by atoms with Crippen LogP contribution in [0.1, 0.15) is 5.69 Å². The van der Waals surface area contributed by atoms with Crippen LogP contribution in [0.5, 0.6) is 0 Å². The molecule has 2 rings (SSSR count). The van der Waals surface area contributed by atoms with Crippen LogP contribution < -0.4 is 11.3 Å². The molecule has 1 aromatic heterocycles. The summed E-state index contributed by atoms with van der Waals surface area (Å²) in [7, 11) is -3.21. The summed E-state index contributed by atoms with van der Waals surface area (Å²) >= 11 is 0. The number of nitrogens with two attached hydrogens (primary N) is 1. The second-order valence-corrected chi connectivity index (χ2v) is 6.40. The highest BCUT2D eigenvalue weighted by Gasteiger charge is 2.09. The molecule has 0 radical (unpaired) electrons. The van der Waals surface area contributed by atoms with Gasteiger partial charge >= 0.3 is 0 Å². The zero-order valence-corrected chi connectivity index (χ0v) is 11.4. The van der Waals surface area contributed by atoms with Crippen molar-refractivity contribution in [2.75, 3.05) is 12.0 Å². The van der Waals surface area contributed by atoms with Crippen LogP contribution in [0.2, 0.25) is 0 Å². The molecule has 0 unspecified atom stereocenters. The molecule has 100 valence electrons. The molecule has 19 heavy (non-hydrogen) atoms. The molecule has 0 saturated heterocycles. The minimum Gasteiger partial charge on any atom is -0.394 e. The van der Waals surface area contributed by atoms with Gasteiger partial charge in [0, 0.05) is 17.5 Å². The largest absolute Gasteiger partial charge is 0.394 e. The molecule has 0 aliphatic carbocycles. The van der Waals surface area contributed by atoms with E-state index in [1.165, 1.54) is 12.1 Å². The lowest BCUT2D eigenvalue weighted by Gasteiger charge is -2.07. The zero-order chi connectivity index (χ0) is 14.2. The van der Waals surface area contributed by atoms with E-state index in [1.54, 1.807) is 25.1 Å². The monoisotopic (exact) mass is 278 g/mol. The van der Waals surface area contributed by atoms with Crippen molar-refractivity contribution in [3.05, 3.63) is 46.4 Å². The number of nitrogen functional groups attached to an aromatic ring is 1. The third-order valence-electron chi connectivity index (χ3n) is 2.86. The Morgan fingerprint density at radius 3 is 2.26 bits per heavy atom. The van der Waals surface area contributed by atoms with Crippen LogP contribution >= 0.6 is 0 Å². The summed E-state index contributed by atoms with van der Waals surface area (Å²) in [6, 6.07) is 8.04. The standard InChI is InChI=1S/C13H14N2O3S/c1-8-11(7-12(14)13(16)15-8)9-3-5-10(6-4-9)19(2,17)18/h3-7H,14H2,1-2H3,(H,15,16). The van der Waals surface area contributed by atoms with Crippen molar-refractivity contribution in [3.8, 4) is 11.1 Å². The normalized spacial score (nSPS) is 11.5. The minimum absolute atomic E-state index is 0.132. The molecular weight excluding hydrogens is 264 g/mol. The lowest BCUT2D eigenvalue weighted by Crippen LogP contribution is -2.13. The van der Waals surface area contributed by atoms with Crippen LogP contribution in [0.15, 0.2) is 40.0 Å². The van der Waals surface area contributed by atoms with Crippen LogP contribution in [-0.2, 0) is 9.84 Å². The van der Waals surface area contributed by atoms with Gasteiger partial charge in [-0.1, -0.05) is 12.1 Å². The van der Waals surface area contributed by atoms with E-state index in [0.717, 1.165) is 17.4 Å². The Bertz CT molecular complexity index is 775. The topological polar surface area (TPSA) is 93.0 Å². The summed E-state index contributed by atoms with van der Waals surface area (Å²) in [5, 5.41) is 0. The molecule has 1 heterocycles. The maximum atomic E-state index is 11.4. The van der Waals surface area contributed by atoms with E-state index in [-0.39, 0.29) is 16.1 Å². The Balaban J connectivity index is 2.55. The van der Waals surface area contributed by atoms with Crippen molar-refractivity contribution >= 4 is 15.5 Å². The number of aromatic amines is 1. The van der Waals surface area contributed by atoms with Crippen LogP contribution in [-0.4, -0.2) is 19.7 Å². The maximum absolute atomic E-state index is 11.4. The van der Waals surface area contributed by atoms with Gasteiger partial charge in [-0.2, -0.15) is 0 Å². The van der Waals surface area contributed by atoms with Crippen molar-refractivity contribution in [1.29, 1.82) is 0 Å². The van der Waals surface area contributed by atoms with Gasteiger partial charge in [-0.05, 0) is 30.7 Å². The molecule has 6 heteroatoms. The first-order valence-electron chi connectivity index (χ1n) is 5.59. The second-order valence-electron chi connectivity index (χ2n) is 4.39. The van der Waals surface area contributed by atoms with E-state index in [2.05, 4.69) is 4.98 Å². The molecule has 0 aliphatic heterocycles. The Morgan fingerprint density at radius 1 is 1.16 bits per heavy atom. The predicted molar refractivity (Wildman–Crippen MR) is 74.8 cm³/mol. The summed E-state index contributed by atoms with van der Waals surface area (Å²) in [6.45, 7) is 1.76. The van der Waals surface area contributed by atoms with Gasteiger partial charge in [0.05, 0.1) is 10.6 Å². The van der Waals surface area contributed by atoms with Gasteiger partial charge in [0.1, 0.15) is 0 Å². The Labute approximate surface area is 111 Å². The molecule has 0 spiro atoms. The number of hydrogen-bond acceptors (Lipinski definition) is 4. The third-order valence-corrected chi connectivity index (χ3v) is 3.99. The van der Waals surface area contributed by atoms with E-state index in [4.69, 9.17) is 5.73 Å². The Morgan fingerprint density at radius 2 is 1.74 bits per heavy atom. The first-order chi connectivity index (χ1) is 8.79. The van der Waals surface area contributed by atoms with Gasteiger partial charge in [0.2, 0.25) is 0 Å². The average Bonchev–Trinajstić information content (AvgIpc) is 2.33. The average molecular weight is 278 g/mol. The van der Waals surface area contributed by atoms with E-state index < -0.39 is 9.84 Å². The van der Waals surface area contributed by atoms with Gasteiger partial charge in [-0.25, -0.2) is 8.42 Å². The highest BCUT2D eigenvalue weighted by atomic mass is 32.2. The number of hydrogen-bond donors (Lipinski definition) is 2. The first kappa shape index (κ1) is 13.4. The van der Waals surface area contributed by atoms with Crippen LogP contribution in [0.3, 0.4) is 0 Å². The molecule has 0 bridgehead atoms. The Hall–Kier alpha value is -2.08. The first-order valence-corrected chi connectivity index (χ1v) is 7.48. The van der Waals surface area contributed by atoms with Gasteiger partial charge in [0.15, 0.2) is 9.84 Å². The highest BCUT2D eigenvalue weighted by molar-refractivity contribution is 7.90. The smallest absolute Gasteiger partial charge is 0.271 e. The lowest BCUT2D eigenvalue weighted by atomic mass is 10.0. The number of H-pyrrole nitrogens is 1. The summed E-state index contributed by atoms with van der Waals surface area (Å²) in [4.78, 5) is 14.3. The van der Waals surface area contributed by atoms with Crippen LogP contribution in [0.25, 0.3) is 11.1 Å². The molecule has 0 aliphatic rings. The molecule has 5 nitrogen and oxygen atoms in total. The maximum Gasteiger partial charge on any atom is 0.271 e.